The normalized spacial score (nSPS) is 12.0. The number of ether oxygens (including phenoxy) is 1. The molecule has 0 aliphatic carbocycles. The largest absolute Gasteiger partial charge is 0.479 e. The van der Waals surface area contributed by atoms with Crippen molar-refractivity contribution in [1.82, 2.24) is 19.5 Å². The fraction of sp³-hybridized carbons (Fsp3) is 0.583. The van der Waals surface area contributed by atoms with Crippen LogP contribution in [0.5, 0.6) is 5.88 Å². The van der Waals surface area contributed by atoms with Crippen molar-refractivity contribution in [3.63, 3.8) is 0 Å². The second-order valence-corrected chi connectivity index (χ2v) is 5.30. The maximum Gasteiger partial charge on any atom is 0.242 e. The Morgan fingerprint density at radius 3 is 2.78 bits per heavy atom. The van der Waals surface area contributed by atoms with Crippen LogP contribution in [-0.4, -0.2) is 26.6 Å². The highest BCUT2D eigenvalue weighted by atomic mass is 32.1. The van der Waals surface area contributed by atoms with Crippen molar-refractivity contribution < 1.29 is 4.74 Å². The molecular weight excluding hydrogens is 248 g/mol. The third-order valence-electron chi connectivity index (χ3n) is 3.10. The van der Waals surface area contributed by atoms with Gasteiger partial charge in [0.25, 0.3) is 0 Å². The van der Waals surface area contributed by atoms with E-state index in [9.17, 15) is 0 Å². The van der Waals surface area contributed by atoms with Crippen molar-refractivity contribution in [2.45, 2.75) is 39.2 Å². The third kappa shape index (κ3) is 2.01. The molecule has 0 saturated carbocycles. The van der Waals surface area contributed by atoms with E-state index in [2.05, 4.69) is 35.7 Å². The first-order valence-electron chi connectivity index (χ1n) is 6.01. The molecule has 0 aromatic carbocycles. The van der Waals surface area contributed by atoms with Crippen molar-refractivity contribution in [3.8, 4) is 5.88 Å². The smallest absolute Gasteiger partial charge is 0.242 e. The van der Waals surface area contributed by atoms with Gasteiger partial charge in [-0.3, -0.25) is 4.57 Å². The van der Waals surface area contributed by atoms with Gasteiger partial charge in [0.05, 0.1) is 7.11 Å². The van der Waals surface area contributed by atoms with Gasteiger partial charge in [0.2, 0.25) is 5.88 Å². The number of hydrogen-bond acceptors (Lipinski definition) is 4. The summed E-state index contributed by atoms with van der Waals surface area (Å²) >= 11 is 5.41. The Morgan fingerprint density at radius 1 is 1.44 bits per heavy atom. The van der Waals surface area contributed by atoms with E-state index in [0.717, 1.165) is 24.0 Å². The van der Waals surface area contributed by atoms with Gasteiger partial charge in [0.1, 0.15) is 11.8 Å². The summed E-state index contributed by atoms with van der Waals surface area (Å²) in [5.41, 5.74) is 1.48. The molecule has 2 heterocycles. The van der Waals surface area contributed by atoms with E-state index in [1.165, 1.54) is 6.33 Å². The van der Waals surface area contributed by atoms with Gasteiger partial charge in [0, 0.05) is 5.54 Å². The molecule has 1 N–H and O–H groups in total. The van der Waals surface area contributed by atoms with Gasteiger partial charge in [-0.05, 0) is 32.5 Å². The van der Waals surface area contributed by atoms with E-state index >= 15 is 0 Å². The number of aromatic nitrogens is 4. The molecule has 0 saturated heterocycles. The summed E-state index contributed by atoms with van der Waals surface area (Å²) in [7, 11) is 1.59. The molecule has 2 aromatic heterocycles. The lowest BCUT2D eigenvalue weighted by Crippen LogP contribution is -2.26. The van der Waals surface area contributed by atoms with Gasteiger partial charge in [-0.15, -0.1) is 0 Å². The number of nitrogens with one attached hydrogen (secondary N) is 1. The zero-order valence-corrected chi connectivity index (χ0v) is 12.0. The molecule has 5 nitrogen and oxygen atoms in total. The number of imidazole rings is 1. The molecule has 0 radical (unpaired) electrons. The molecule has 0 amide bonds. The number of methoxy groups -OCH3 is 1. The van der Waals surface area contributed by atoms with E-state index in [0.29, 0.717) is 10.7 Å². The fourth-order valence-electron chi connectivity index (χ4n) is 2.34. The van der Waals surface area contributed by atoms with Crippen LogP contribution in [0.25, 0.3) is 11.2 Å². The minimum absolute atomic E-state index is 0.0799. The number of nitrogens with zero attached hydrogens (tertiary/aromatic N) is 3. The average molecular weight is 266 g/mol. The number of fused-ring (bicyclic) bond motifs is 1. The van der Waals surface area contributed by atoms with Gasteiger partial charge < -0.3 is 9.72 Å². The second kappa shape index (κ2) is 4.68. The van der Waals surface area contributed by atoms with Gasteiger partial charge in [-0.1, -0.05) is 13.3 Å². The summed E-state index contributed by atoms with van der Waals surface area (Å²) in [6.07, 6.45) is 3.62. The first kappa shape index (κ1) is 13.0. The van der Waals surface area contributed by atoms with E-state index in [1.54, 1.807) is 7.11 Å². The molecule has 0 bridgehead atoms. The Kier molecular flexibility index (Phi) is 3.38. The number of aromatic amines is 1. The minimum atomic E-state index is -0.0799. The van der Waals surface area contributed by atoms with Crippen LogP contribution in [0.4, 0.5) is 0 Å². The summed E-state index contributed by atoms with van der Waals surface area (Å²) in [5.74, 6) is 0.525. The quantitative estimate of drug-likeness (QED) is 0.864. The lowest BCUT2D eigenvalue weighted by Gasteiger charge is -2.26. The Bertz CT molecular complexity index is 614. The van der Waals surface area contributed by atoms with Crippen molar-refractivity contribution in [1.29, 1.82) is 0 Å². The molecule has 2 aromatic rings. The molecular formula is C12H18N4OS. The third-order valence-corrected chi connectivity index (χ3v) is 3.38. The van der Waals surface area contributed by atoms with Crippen LogP contribution in [-0.2, 0) is 5.54 Å². The molecule has 2 rings (SSSR count). The standard InChI is InChI=1S/C12H18N4OS/c1-5-6-12(2,3)16-9-8(15-11(16)18)10(17-4)14-7-13-9/h7H,5-6H2,1-4H3,(H,15,18). The molecule has 0 atom stereocenters. The first-order valence-corrected chi connectivity index (χ1v) is 6.42. The van der Waals surface area contributed by atoms with Crippen LogP contribution < -0.4 is 4.74 Å². The van der Waals surface area contributed by atoms with E-state index < -0.39 is 0 Å². The summed E-state index contributed by atoms with van der Waals surface area (Å²) in [5, 5.41) is 0. The molecule has 0 aliphatic rings. The summed E-state index contributed by atoms with van der Waals surface area (Å²) in [4.78, 5) is 11.6. The molecule has 6 heteroatoms. The molecule has 0 unspecified atom stereocenters. The Hall–Kier alpha value is -1.43. The minimum Gasteiger partial charge on any atom is -0.479 e. The Morgan fingerprint density at radius 2 is 2.17 bits per heavy atom. The molecule has 0 fully saturated rings. The average Bonchev–Trinajstić information content (AvgIpc) is 2.65. The van der Waals surface area contributed by atoms with Crippen LogP contribution in [0.3, 0.4) is 0 Å². The fourth-order valence-corrected chi connectivity index (χ4v) is 2.77. The number of H-pyrrole nitrogens is 1. The lowest BCUT2D eigenvalue weighted by molar-refractivity contribution is 0.328. The highest BCUT2D eigenvalue weighted by Gasteiger charge is 2.24. The highest BCUT2D eigenvalue weighted by molar-refractivity contribution is 7.71. The molecule has 98 valence electrons. The monoisotopic (exact) mass is 266 g/mol. The molecule has 0 aliphatic heterocycles. The summed E-state index contributed by atoms with van der Waals surface area (Å²) in [6, 6.07) is 0. The van der Waals surface area contributed by atoms with Crippen LogP contribution in [0.1, 0.15) is 33.6 Å². The van der Waals surface area contributed by atoms with Crippen LogP contribution in [0, 0.1) is 4.77 Å². The predicted octanol–water partition coefficient (Wildman–Crippen LogP) is 3.03. The van der Waals surface area contributed by atoms with Crippen LogP contribution >= 0.6 is 12.2 Å². The zero-order valence-electron chi connectivity index (χ0n) is 11.1. The SMILES string of the molecule is CCCC(C)(C)n1c(=S)[nH]c2c(OC)ncnc21. The van der Waals surface area contributed by atoms with Crippen LogP contribution in [0.2, 0.25) is 0 Å². The maximum absolute atomic E-state index is 5.41. The highest BCUT2D eigenvalue weighted by Crippen LogP contribution is 2.28. The van der Waals surface area contributed by atoms with Gasteiger partial charge >= 0.3 is 0 Å². The summed E-state index contributed by atoms with van der Waals surface area (Å²) < 4.78 is 7.93. The topological polar surface area (TPSA) is 55.7 Å². The molecule has 0 spiro atoms. The maximum atomic E-state index is 5.41. The Balaban J connectivity index is 2.72. The van der Waals surface area contributed by atoms with Crippen molar-refractivity contribution in [2.24, 2.45) is 0 Å². The van der Waals surface area contributed by atoms with E-state index in [4.69, 9.17) is 17.0 Å². The van der Waals surface area contributed by atoms with Crippen LogP contribution in [0.15, 0.2) is 6.33 Å². The number of hydrogen-bond donors (Lipinski definition) is 1. The predicted molar refractivity (Wildman–Crippen MR) is 73.5 cm³/mol. The zero-order chi connectivity index (χ0) is 13.3. The lowest BCUT2D eigenvalue weighted by atomic mass is 9.99. The van der Waals surface area contributed by atoms with Gasteiger partial charge in [-0.25, -0.2) is 4.98 Å². The van der Waals surface area contributed by atoms with E-state index in [1.807, 2.05) is 4.57 Å². The summed E-state index contributed by atoms with van der Waals surface area (Å²) in [6.45, 7) is 6.48. The second-order valence-electron chi connectivity index (χ2n) is 4.91. The number of rotatable bonds is 4. The van der Waals surface area contributed by atoms with Gasteiger partial charge in [0.15, 0.2) is 10.4 Å². The van der Waals surface area contributed by atoms with Crippen molar-refractivity contribution >= 4 is 23.4 Å². The molecule has 18 heavy (non-hydrogen) atoms. The van der Waals surface area contributed by atoms with Crippen molar-refractivity contribution in [2.75, 3.05) is 7.11 Å². The van der Waals surface area contributed by atoms with Gasteiger partial charge in [-0.2, -0.15) is 4.98 Å². The van der Waals surface area contributed by atoms with E-state index in [-0.39, 0.29) is 5.54 Å². The first-order chi connectivity index (χ1) is 8.51. The Labute approximate surface area is 111 Å². The van der Waals surface area contributed by atoms with Crippen molar-refractivity contribution in [3.05, 3.63) is 11.1 Å².